The van der Waals surface area contributed by atoms with Gasteiger partial charge in [0, 0.05) is 30.1 Å². The molecule has 0 spiro atoms. The second-order valence-electron chi connectivity index (χ2n) is 7.43. The van der Waals surface area contributed by atoms with E-state index in [1.54, 1.807) is 48.7 Å². The first-order valence-electron chi connectivity index (χ1n) is 10.3. The number of benzene rings is 2. The number of carbonyl (C=O) groups is 2. The van der Waals surface area contributed by atoms with E-state index in [9.17, 15) is 14.8 Å². The van der Waals surface area contributed by atoms with Gasteiger partial charge in [0.05, 0.1) is 33.8 Å². The number of aromatic nitrogens is 2. The maximum atomic E-state index is 12.9. The molecule has 0 radical (unpaired) electrons. The first-order chi connectivity index (χ1) is 16.4. The Labute approximate surface area is 205 Å². The Morgan fingerprint density at radius 3 is 2.53 bits per heavy atom. The van der Waals surface area contributed by atoms with Crippen molar-refractivity contribution in [2.24, 2.45) is 0 Å². The Kier molecular flexibility index (Phi) is 6.95. The average Bonchev–Trinajstić information content (AvgIpc) is 2.83. The van der Waals surface area contributed by atoms with Gasteiger partial charge in [0.15, 0.2) is 6.20 Å². The number of carbonyl (C=O) groups excluding carboxylic acids is 2. The van der Waals surface area contributed by atoms with Crippen molar-refractivity contribution in [1.82, 2.24) is 10.3 Å². The van der Waals surface area contributed by atoms with Crippen LogP contribution >= 0.6 is 23.2 Å². The molecule has 0 unspecified atom stereocenters. The van der Waals surface area contributed by atoms with E-state index in [4.69, 9.17) is 27.9 Å². The molecular formula is C25H19Cl2N3O4. The molecule has 0 bridgehead atoms. The topological polar surface area (TPSA) is 95.2 Å². The van der Waals surface area contributed by atoms with Crippen LogP contribution in [0.1, 0.15) is 15.9 Å². The fraction of sp³-hybridized carbons (Fsp3) is 0.120. The third-order valence-electron chi connectivity index (χ3n) is 5.36. The summed E-state index contributed by atoms with van der Waals surface area (Å²) in [5, 5.41) is 16.1. The SMILES string of the molecule is COC(=O)[C@H](Cc1ccc(-c2cccc[n+]2[O-])c2cccnc12)NC(=O)c1c(Cl)cccc1Cl. The lowest BCUT2D eigenvalue weighted by Gasteiger charge is -2.19. The smallest absolute Gasteiger partial charge is 0.328 e. The molecule has 0 aliphatic heterocycles. The molecule has 0 saturated heterocycles. The molecule has 1 N–H and O–H groups in total. The first-order valence-corrected chi connectivity index (χ1v) is 11.0. The third kappa shape index (κ3) is 4.66. The summed E-state index contributed by atoms with van der Waals surface area (Å²) in [4.78, 5) is 29.9. The van der Waals surface area contributed by atoms with Gasteiger partial charge in [0.1, 0.15) is 6.04 Å². The van der Waals surface area contributed by atoms with Crippen LogP contribution in [-0.4, -0.2) is 30.0 Å². The van der Waals surface area contributed by atoms with Crippen molar-refractivity contribution < 1.29 is 19.1 Å². The quantitative estimate of drug-likeness (QED) is 0.243. The van der Waals surface area contributed by atoms with Gasteiger partial charge in [0.2, 0.25) is 5.69 Å². The predicted molar refractivity (Wildman–Crippen MR) is 130 cm³/mol. The summed E-state index contributed by atoms with van der Waals surface area (Å²) in [6.07, 6.45) is 3.15. The van der Waals surface area contributed by atoms with Crippen LogP contribution in [0.5, 0.6) is 0 Å². The number of methoxy groups -OCH3 is 1. The minimum Gasteiger partial charge on any atom is -0.618 e. The number of hydrogen-bond acceptors (Lipinski definition) is 5. The van der Waals surface area contributed by atoms with Gasteiger partial charge in [-0.25, -0.2) is 4.79 Å². The second kappa shape index (κ2) is 10.1. The maximum absolute atomic E-state index is 12.9. The fourth-order valence-corrected chi connectivity index (χ4v) is 4.33. The van der Waals surface area contributed by atoms with E-state index in [0.717, 1.165) is 10.1 Å². The number of hydrogen-bond donors (Lipinski definition) is 1. The van der Waals surface area contributed by atoms with Crippen LogP contribution in [0.3, 0.4) is 0 Å². The zero-order valence-electron chi connectivity index (χ0n) is 18.0. The van der Waals surface area contributed by atoms with E-state index in [1.807, 2.05) is 6.07 Å². The molecule has 0 fully saturated rings. The number of rotatable bonds is 6. The van der Waals surface area contributed by atoms with Gasteiger partial charge in [-0.1, -0.05) is 41.4 Å². The van der Waals surface area contributed by atoms with E-state index >= 15 is 0 Å². The van der Waals surface area contributed by atoms with Gasteiger partial charge < -0.3 is 15.3 Å². The number of esters is 1. The van der Waals surface area contributed by atoms with Gasteiger partial charge in [-0.3, -0.25) is 9.78 Å². The number of amides is 1. The molecule has 9 heteroatoms. The number of halogens is 2. The molecule has 2 aromatic carbocycles. The van der Waals surface area contributed by atoms with Crippen LogP contribution in [0.2, 0.25) is 10.0 Å². The Morgan fingerprint density at radius 1 is 1.06 bits per heavy atom. The molecule has 34 heavy (non-hydrogen) atoms. The minimum atomic E-state index is -1.03. The highest BCUT2D eigenvalue weighted by molar-refractivity contribution is 6.39. The Hall–Kier alpha value is -3.68. The zero-order chi connectivity index (χ0) is 24.2. The van der Waals surface area contributed by atoms with Crippen molar-refractivity contribution in [3.8, 4) is 11.3 Å². The predicted octanol–water partition coefficient (Wildman–Crippen LogP) is 4.36. The molecule has 0 aliphatic rings. The highest BCUT2D eigenvalue weighted by atomic mass is 35.5. The van der Waals surface area contributed by atoms with Crippen LogP contribution in [0.25, 0.3) is 22.2 Å². The van der Waals surface area contributed by atoms with Crippen molar-refractivity contribution >= 4 is 46.0 Å². The molecule has 2 aromatic heterocycles. The van der Waals surface area contributed by atoms with Gasteiger partial charge in [-0.15, -0.1) is 0 Å². The highest BCUT2D eigenvalue weighted by Gasteiger charge is 2.26. The van der Waals surface area contributed by atoms with Crippen molar-refractivity contribution in [2.45, 2.75) is 12.5 Å². The molecule has 2 heterocycles. The second-order valence-corrected chi connectivity index (χ2v) is 8.25. The van der Waals surface area contributed by atoms with Crippen LogP contribution < -0.4 is 10.0 Å². The van der Waals surface area contributed by atoms with Crippen LogP contribution in [0.15, 0.2) is 73.1 Å². The number of nitrogens with one attached hydrogen (secondary N) is 1. The van der Waals surface area contributed by atoms with Gasteiger partial charge in [-0.05, 0) is 35.9 Å². The molecule has 4 rings (SSSR count). The van der Waals surface area contributed by atoms with E-state index in [2.05, 4.69) is 10.3 Å². The largest absolute Gasteiger partial charge is 0.618 e. The third-order valence-corrected chi connectivity index (χ3v) is 5.99. The molecule has 7 nitrogen and oxygen atoms in total. The zero-order valence-corrected chi connectivity index (χ0v) is 19.5. The van der Waals surface area contributed by atoms with Gasteiger partial charge in [-0.2, -0.15) is 4.73 Å². The summed E-state index contributed by atoms with van der Waals surface area (Å²) in [7, 11) is 1.24. The summed E-state index contributed by atoms with van der Waals surface area (Å²) >= 11 is 12.3. The normalized spacial score (nSPS) is 11.7. The molecule has 4 aromatic rings. The first kappa shape index (κ1) is 23.5. The lowest BCUT2D eigenvalue weighted by Crippen LogP contribution is -2.43. The van der Waals surface area contributed by atoms with Crippen molar-refractivity contribution in [2.75, 3.05) is 7.11 Å². The number of fused-ring (bicyclic) bond motifs is 1. The molecule has 172 valence electrons. The van der Waals surface area contributed by atoms with Crippen molar-refractivity contribution in [3.63, 3.8) is 0 Å². The molecule has 0 aliphatic carbocycles. The molecule has 1 amide bonds. The maximum Gasteiger partial charge on any atom is 0.328 e. The van der Waals surface area contributed by atoms with Gasteiger partial charge in [0.25, 0.3) is 5.91 Å². The lowest BCUT2D eigenvalue weighted by molar-refractivity contribution is -0.593. The number of pyridine rings is 2. The summed E-state index contributed by atoms with van der Waals surface area (Å²) in [6.45, 7) is 0. The van der Waals surface area contributed by atoms with E-state index < -0.39 is 17.9 Å². The lowest BCUT2D eigenvalue weighted by atomic mass is 9.97. The van der Waals surface area contributed by atoms with Gasteiger partial charge >= 0.3 is 5.97 Å². The average molecular weight is 496 g/mol. The Balaban J connectivity index is 1.72. The number of ether oxygens (including phenoxy) is 1. The Morgan fingerprint density at radius 2 is 1.82 bits per heavy atom. The Bertz CT molecular complexity index is 1370. The number of nitrogens with zero attached hydrogens (tertiary/aromatic N) is 2. The summed E-state index contributed by atoms with van der Waals surface area (Å²) in [5.41, 5.74) is 2.53. The van der Waals surface area contributed by atoms with E-state index in [0.29, 0.717) is 22.3 Å². The van der Waals surface area contributed by atoms with Crippen molar-refractivity contribution in [1.29, 1.82) is 0 Å². The molecule has 1 atom stereocenters. The summed E-state index contributed by atoms with van der Waals surface area (Å²) < 4.78 is 5.70. The summed E-state index contributed by atoms with van der Waals surface area (Å²) in [5.74, 6) is -1.23. The minimum absolute atomic E-state index is 0.0714. The molecule has 0 saturated carbocycles. The van der Waals surface area contributed by atoms with Crippen molar-refractivity contribution in [3.05, 3.63) is 99.4 Å². The van der Waals surface area contributed by atoms with Crippen LogP contribution in [0.4, 0.5) is 0 Å². The summed E-state index contributed by atoms with van der Waals surface area (Å²) in [6, 6.07) is 16.0. The van der Waals surface area contributed by atoms with Crippen LogP contribution in [0, 0.1) is 5.21 Å². The van der Waals surface area contributed by atoms with Crippen LogP contribution in [-0.2, 0) is 16.0 Å². The molecular weight excluding hydrogens is 477 g/mol. The fourth-order valence-electron chi connectivity index (χ4n) is 3.76. The highest BCUT2D eigenvalue weighted by Crippen LogP contribution is 2.29. The van der Waals surface area contributed by atoms with E-state index in [1.165, 1.54) is 25.4 Å². The monoisotopic (exact) mass is 495 g/mol. The van der Waals surface area contributed by atoms with E-state index in [-0.39, 0.29) is 22.0 Å². The standard InChI is InChI=1S/C25H19Cl2N3O4/c1-34-25(32)20(29-24(31)22-18(26)7-4-8-19(22)27)14-15-10-11-16(17-6-5-12-28-23(15)17)21-9-2-3-13-30(21)33/h2-13,20H,14H2,1H3,(H,29,31)/t20-/m0/s1.